The van der Waals surface area contributed by atoms with Crippen LogP contribution in [0.3, 0.4) is 0 Å². The van der Waals surface area contributed by atoms with Gasteiger partial charge in [0.05, 0.1) is 25.2 Å². The first-order chi connectivity index (χ1) is 14.9. The molecule has 1 atom stereocenters. The second-order valence-electron chi connectivity index (χ2n) is 6.48. The normalized spacial score (nSPS) is 15.8. The molecule has 1 saturated heterocycles. The van der Waals surface area contributed by atoms with E-state index in [9.17, 15) is 14.4 Å². The van der Waals surface area contributed by atoms with Crippen LogP contribution in [0.1, 0.15) is 28.8 Å². The first-order valence-electron chi connectivity index (χ1n) is 9.25. The predicted octanol–water partition coefficient (Wildman–Crippen LogP) is 4.26. The van der Waals surface area contributed by atoms with Crippen molar-refractivity contribution in [3.8, 4) is 11.5 Å². The van der Waals surface area contributed by atoms with Gasteiger partial charge in [0.2, 0.25) is 5.76 Å². The van der Waals surface area contributed by atoms with Gasteiger partial charge in [-0.2, -0.15) is 0 Å². The maximum absolute atomic E-state index is 12.5. The SMILES string of the molecule is C=CC(C)N1C(=O)SC(=Cc2ccc(OCc3ccc(C(=O)OC)o3)c(OC)c2)C1=O. The highest BCUT2D eigenvalue weighted by Crippen LogP contribution is 2.35. The van der Waals surface area contributed by atoms with Crippen molar-refractivity contribution in [3.63, 3.8) is 0 Å². The molecule has 0 aliphatic carbocycles. The number of ether oxygens (including phenoxy) is 3. The molecule has 31 heavy (non-hydrogen) atoms. The second-order valence-corrected chi connectivity index (χ2v) is 7.48. The Labute approximate surface area is 183 Å². The first kappa shape index (κ1) is 22.2. The average molecular weight is 443 g/mol. The number of imide groups is 1. The van der Waals surface area contributed by atoms with Crippen molar-refractivity contribution in [1.82, 2.24) is 4.90 Å². The van der Waals surface area contributed by atoms with Crippen molar-refractivity contribution < 1.29 is 33.0 Å². The number of hydrogen-bond donors (Lipinski definition) is 0. The molecule has 1 aliphatic heterocycles. The van der Waals surface area contributed by atoms with Gasteiger partial charge >= 0.3 is 5.97 Å². The number of nitrogens with zero attached hydrogens (tertiary/aromatic N) is 1. The van der Waals surface area contributed by atoms with E-state index in [1.807, 2.05) is 0 Å². The predicted molar refractivity (Wildman–Crippen MR) is 115 cm³/mol. The van der Waals surface area contributed by atoms with Crippen LogP contribution in [-0.4, -0.2) is 42.3 Å². The zero-order valence-electron chi connectivity index (χ0n) is 17.2. The summed E-state index contributed by atoms with van der Waals surface area (Å²) >= 11 is 0.881. The number of carbonyl (C=O) groups excluding carboxylic acids is 3. The average Bonchev–Trinajstić information content (AvgIpc) is 3.36. The lowest BCUT2D eigenvalue weighted by molar-refractivity contribution is -0.123. The van der Waals surface area contributed by atoms with Gasteiger partial charge in [-0.25, -0.2) is 4.79 Å². The van der Waals surface area contributed by atoms with E-state index in [1.165, 1.54) is 25.2 Å². The van der Waals surface area contributed by atoms with Crippen molar-refractivity contribution in [1.29, 1.82) is 0 Å². The summed E-state index contributed by atoms with van der Waals surface area (Å²) in [6.45, 7) is 5.44. The van der Waals surface area contributed by atoms with Crippen LogP contribution in [-0.2, 0) is 16.1 Å². The molecule has 1 aliphatic rings. The van der Waals surface area contributed by atoms with Gasteiger partial charge in [-0.15, -0.1) is 6.58 Å². The third-order valence-electron chi connectivity index (χ3n) is 4.48. The first-order valence-corrected chi connectivity index (χ1v) is 10.1. The molecule has 3 rings (SSSR count). The number of esters is 1. The van der Waals surface area contributed by atoms with Gasteiger partial charge in [0.25, 0.3) is 11.1 Å². The van der Waals surface area contributed by atoms with Crippen LogP contribution >= 0.6 is 11.8 Å². The number of amides is 2. The highest BCUT2D eigenvalue weighted by Gasteiger charge is 2.37. The van der Waals surface area contributed by atoms with E-state index in [2.05, 4.69) is 11.3 Å². The monoisotopic (exact) mass is 443 g/mol. The van der Waals surface area contributed by atoms with Gasteiger partial charge in [-0.05, 0) is 54.6 Å². The molecule has 0 spiro atoms. The lowest BCUT2D eigenvalue weighted by Gasteiger charge is -2.17. The molecule has 2 amide bonds. The van der Waals surface area contributed by atoms with Crippen molar-refractivity contribution >= 4 is 35.0 Å². The van der Waals surface area contributed by atoms with Gasteiger partial charge in [0, 0.05) is 0 Å². The Morgan fingerprint density at radius 1 is 1.23 bits per heavy atom. The third kappa shape index (κ3) is 4.83. The second kappa shape index (κ2) is 9.57. The number of furan rings is 1. The topological polar surface area (TPSA) is 95.3 Å². The number of benzene rings is 1. The largest absolute Gasteiger partial charge is 0.493 e. The van der Waals surface area contributed by atoms with E-state index in [-0.39, 0.29) is 29.6 Å². The highest BCUT2D eigenvalue weighted by molar-refractivity contribution is 8.18. The fourth-order valence-corrected chi connectivity index (χ4v) is 3.71. The number of hydrogen-bond acceptors (Lipinski definition) is 8. The molecule has 1 unspecified atom stereocenters. The minimum absolute atomic E-state index is 0.0744. The van der Waals surface area contributed by atoms with Gasteiger partial charge in [-0.3, -0.25) is 14.5 Å². The zero-order valence-corrected chi connectivity index (χ0v) is 18.1. The summed E-state index contributed by atoms with van der Waals surface area (Å²) in [5, 5.41) is -0.333. The van der Waals surface area contributed by atoms with Crippen LogP contribution in [0.5, 0.6) is 11.5 Å². The van der Waals surface area contributed by atoms with E-state index >= 15 is 0 Å². The van der Waals surface area contributed by atoms with Crippen LogP contribution in [0.2, 0.25) is 0 Å². The Morgan fingerprint density at radius 2 is 2.00 bits per heavy atom. The summed E-state index contributed by atoms with van der Waals surface area (Å²) in [4.78, 5) is 37.6. The Balaban J connectivity index is 1.74. The molecule has 162 valence electrons. The maximum atomic E-state index is 12.5. The van der Waals surface area contributed by atoms with Crippen molar-refractivity contribution in [2.24, 2.45) is 0 Å². The van der Waals surface area contributed by atoms with Crippen molar-refractivity contribution in [2.45, 2.75) is 19.6 Å². The summed E-state index contributed by atoms with van der Waals surface area (Å²) < 4.78 is 21.1. The summed E-state index contributed by atoms with van der Waals surface area (Å²) in [6, 6.07) is 7.86. The number of rotatable bonds is 8. The highest BCUT2D eigenvalue weighted by atomic mass is 32.2. The van der Waals surface area contributed by atoms with Crippen LogP contribution in [0.25, 0.3) is 6.08 Å². The third-order valence-corrected chi connectivity index (χ3v) is 5.36. The zero-order chi connectivity index (χ0) is 22.5. The fraction of sp³-hybridized carbons (Fsp3) is 0.227. The van der Waals surface area contributed by atoms with Crippen LogP contribution in [0.4, 0.5) is 4.79 Å². The van der Waals surface area contributed by atoms with Gasteiger partial charge < -0.3 is 18.6 Å². The molecule has 2 heterocycles. The van der Waals surface area contributed by atoms with Crippen molar-refractivity contribution in [2.75, 3.05) is 14.2 Å². The van der Waals surface area contributed by atoms with Crippen LogP contribution in [0, 0.1) is 0 Å². The molecule has 1 aromatic heterocycles. The van der Waals surface area contributed by atoms with E-state index < -0.39 is 5.97 Å². The van der Waals surface area contributed by atoms with E-state index in [1.54, 1.807) is 43.3 Å². The Hall–Kier alpha value is -3.46. The summed E-state index contributed by atoms with van der Waals surface area (Å²) in [5.74, 6) is 0.483. The van der Waals surface area contributed by atoms with E-state index in [0.717, 1.165) is 11.8 Å². The lowest BCUT2D eigenvalue weighted by atomic mass is 10.1. The summed E-state index contributed by atoms with van der Waals surface area (Å²) in [5.41, 5.74) is 0.673. The molecular weight excluding hydrogens is 422 g/mol. The number of carbonyl (C=O) groups is 3. The smallest absolute Gasteiger partial charge is 0.373 e. The number of methoxy groups -OCH3 is 2. The minimum Gasteiger partial charge on any atom is -0.493 e. The van der Waals surface area contributed by atoms with E-state index in [0.29, 0.717) is 27.7 Å². The summed E-state index contributed by atoms with van der Waals surface area (Å²) in [7, 11) is 2.77. The van der Waals surface area contributed by atoms with Crippen LogP contribution < -0.4 is 9.47 Å². The molecule has 1 aromatic carbocycles. The quantitative estimate of drug-likeness (QED) is 0.339. The molecule has 0 radical (unpaired) electrons. The Bertz CT molecular complexity index is 1060. The molecule has 0 bridgehead atoms. The van der Waals surface area contributed by atoms with Crippen molar-refractivity contribution in [3.05, 3.63) is 65.0 Å². The van der Waals surface area contributed by atoms with Gasteiger partial charge in [0.1, 0.15) is 12.4 Å². The molecular formula is C22H21NO7S. The molecule has 0 N–H and O–H groups in total. The maximum Gasteiger partial charge on any atom is 0.373 e. The van der Waals surface area contributed by atoms with Gasteiger partial charge in [0.15, 0.2) is 11.5 Å². The number of thioether (sulfide) groups is 1. The Kier molecular flexibility index (Phi) is 6.86. The standard InChI is InChI=1S/C22H21NO7S/c1-5-13(2)23-20(24)19(31-22(23)26)11-14-6-8-16(18(10-14)27-3)29-12-15-7-9-17(30-15)21(25)28-4/h5-11,13H,1,12H2,2-4H3. The van der Waals surface area contributed by atoms with Gasteiger partial charge in [-0.1, -0.05) is 12.1 Å². The summed E-state index contributed by atoms with van der Waals surface area (Å²) in [6.07, 6.45) is 3.17. The molecule has 1 fully saturated rings. The fourth-order valence-electron chi connectivity index (χ4n) is 2.80. The van der Waals surface area contributed by atoms with E-state index in [4.69, 9.17) is 13.9 Å². The molecule has 9 heteroatoms. The lowest BCUT2D eigenvalue weighted by Crippen LogP contribution is -2.35. The Morgan fingerprint density at radius 3 is 2.68 bits per heavy atom. The molecule has 0 saturated carbocycles. The molecule has 2 aromatic rings. The molecule has 8 nitrogen and oxygen atoms in total. The minimum atomic E-state index is -0.569. The van der Waals surface area contributed by atoms with Crippen LogP contribution in [0.15, 0.2) is 52.3 Å².